The van der Waals surface area contributed by atoms with E-state index >= 15 is 0 Å². The zero-order valence-corrected chi connectivity index (χ0v) is 41.1. The first-order valence-corrected chi connectivity index (χ1v) is 21.6. The summed E-state index contributed by atoms with van der Waals surface area (Å²) in [6.07, 6.45) is -18.8. The Kier molecular flexibility index (Phi) is 18.0. The highest BCUT2D eigenvalue weighted by Gasteiger charge is 2.74. The molecule has 0 saturated heterocycles. The fourth-order valence-corrected chi connectivity index (χ4v) is 7.74. The molecule has 2 N–H and O–H groups in total. The molecule has 6 rings (SSSR count). The minimum Gasteiger partial charge on any atom is -0.465 e. The Labute approximate surface area is 422 Å². The zero-order chi connectivity index (χ0) is 54.9. The summed E-state index contributed by atoms with van der Waals surface area (Å²) in [6, 6.07) is 10.7. The van der Waals surface area contributed by atoms with Crippen molar-refractivity contribution in [3.8, 4) is 22.5 Å². The number of esters is 2. The van der Waals surface area contributed by atoms with Crippen LogP contribution in [0.15, 0.2) is 85.5 Å². The van der Waals surface area contributed by atoms with E-state index in [0.29, 0.717) is 41.1 Å². The van der Waals surface area contributed by atoms with Crippen molar-refractivity contribution >= 4 is 70.3 Å². The van der Waals surface area contributed by atoms with Crippen molar-refractivity contribution in [2.45, 2.75) is 63.7 Å². The van der Waals surface area contributed by atoms with Crippen LogP contribution in [0.4, 0.5) is 61.5 Å². The molecule has 0 radical (unpaired) electrons. The molecule has 0 bridgehead atoms. The van der Waals surface area contributed by atoms with Crippen molar-refractivity contribution in [1.29, 1.82) is 0 Å². The number of benzene rings is 4. The highest BCUT2D eigenvalue weighted by Crippen LogP contribution is 2.55. The molecule has 388 valence electrons. The van der Waals surface area contributed by atoms with Gasteiger partial charge in [0, 0.05) is 29.1 Å². The van der Waals surface area contributed by atoms with Crippen LogP contribution in [0.25, 0.3) is 22.5 Å². The van der Waals surface area contributed by atoms with Crippen LogP contribution in [0.5, 0.6) is 0 Å². The molecule has 4 aromatic carbocycles. The molecule has 2 heterocycles. The number of aromatic nitrogens is 4. The van der Waals surface area contributed by atoms with Gasteiger partial charge in [0.2, 0.25) is 0 Å². The molecule has 0 amide bonds. The summed E-state index contributed by atoms with van der Waals surface area (Å²) < 4.78 is 197. The van der Waals surface area contributed by atoms with Crippen LogP contribution in [0.2, 0.25) is 10.0 Å². The Morgan fingerprint density at radius 2 is 0.917 bits per heavy atom. The summed E-state index contributed by atoms with van der Waals surface area (Å²) in [6.45, 7) is 5.09. The molecule has 6 aromatic rings. The molecule has 0 aliphatic carbocycles. The van der Waals surface area contributed by atoms with Gasteiger partial charge in [-0.05, 0) is 108 Å². The number of rotatable bonds is 8. The average molecular weight is 1190 g/mol. The molecule has 2 aromatic heterocycles. The van der Waals surface area contributed by atoms with Crippen LogP contribution in [-0.4, -0.2) is 87.6 Å². The first-order chi connectivity index (χ1) is 33.0. The summed E-state index contributed by atoms with van der Waals surface area (Å²) in [7, 11) is 0.777. The van der Waals surface area contributed by atoms with E-state index in [4.69, 9.17) is 33.2 Å². The number of carbonyl (C=O) groups is 2. The number of halogens is 17. The molecule has 0 saturated carbocycles. The minimum absolute atomic E-state index is 0.0417. The molecule has 28 heteroatoms. The van der Waals surface area contributed by atoms with Gasteiger partial charge in [0.05, 0.1) is 62.7 Å². The van der Waals surface area contributed by atoms with Crippen LogP contribution in [0, 0.1) is 31.3 Å². The number of methoxy groups -OCH3 is 2. The second-order valence-corrected chi connectivity index (χ2v) is 17.4. The molecule has 0 fully saturated rings. The second kappa shape index (κ2) is 22.0. The van der Waals surface area contributed by atoms with Crippen molar-refractivity contribution < 1.29 is 90.6 Å². The predicted octanol–water partition coefficient (Wildman–Crippen LogP) is 12.1. The number of hydrogen-bond acceptors (Lipinski definition) is 8. The fourth-order valence-electron chi connectivity index (χ4n) is 6.97. The normalized spacial score (nSPS) is 12.3. The van der Waals surface area contributed by atoms with Crippen molar-refractivity contribution in [1.82, 2.24) is 19.6 Å². The Morgan fingerprint density at radius 3 is 1.26 bits per heavy atom. The molecule has 0 aliphatic heterocycles. The molecular formula is C44H34BCl2F14IN4O6. The number of hydrogen-bond donors (Lipinski definition) is 2. The number of carbonyl (C=O) groups excluding carboxylic acids is 2. The lowest BCUT2D eigenvalue weighted by molar-refractivity contribution is -0.349. The summed E-state index contributed by atoms with van der Waals surface area (Å²) in [4.78, 5) is 23.0. The summed E-state index contributed by atoms with van der Waals surface area (Å²) in [5, 5.41) is 26.2. The first-order valence-electron chi connectivity index (χ1n) is 19.7. The topological polar surface area (TPSA) is 129 Å². The second-order valence-electron chi connectivity index (χ2n) is 15.3. The monoisotopic (exact) mass is 1190 g/mol. The largest absolute Gasteiger partial charge is 0.488 e. The maximum absolute atomic E-state index is 14.5. The Bertz CT molecular complexity index is 2890. The van der Waals surface area contributed by atoms with Crippen LogP contribution in [0.1, 0.15) is 54.1 Å². The van der Waals surface area contributed by atoms with E-state index in [1.54, 1.807) is 12.3 Å². The third-order valence-corrected chi connectivity index (χ3v) is 11.5. The van der Waals surface area contributed by atoms with Gasteiger partial charge >= 0.3 is 55.1 Å². The lowest BCUT2D eigenvalue weighted by atomic mass is 9.79. The Balaban J connectivity index is 0.000000256. The van der Waals surface area contributed by atoms with E-state index < -0.39 is 66.2 Å². The van der Waals surface area contributed by atoms with E-state index in [-0.39, 0.29) is 54.6 Å². The SMILES string of the molecule is COC(=O)c1cc(-c2cnn(-c3c(C)cc(C(F)(C(F)(F)F)C(F)(F)F)cc3C)c2)ccc1Cl.COC(=O)c1cc(B(O)O)ccc1Cl.Cc1cc(C(F)(C(F)(F)F)C(F)(F)F)cc(C)c1-n1cc(I)cn1. The highest BCUT2D eigenvalue weighted by molar-refractivity contribution is 14.1. The van der Waals surface area contributed by atoms with Gasteiger partial charge in [-0.2, -0.15) is 62.9 Å². The lowest BCUT2D eigenvalue weighted by Gasteiger charge is -2.31. The van der Waals surface area contributed by atoms with E-state index in [9.17, 15) is 71.1 Å². The van der Waals surface area contributed by atoms with Crippen LogP contribution < -0.4 is 5.46 Å². The highest BCUT2D eigenvalue weighted by atomic mass is 127. The van der Waals surface area contributed by atoms with E-state index in [2.05, 4.69) is 19.7 Å². The van der Waals surface area contributed by atoms with E-state index in [0.717, 1.165) is 3.57 Å². The third kappa shape index (κ3) is 12.1. The lowest BCUT2D eigenvalue weighted by Crippen LogP contribution is -2.50. The summed E-state index contributed by atoms with van der Waals surface area (Å²) in [5.74, 6) is -1.29. The van der Waals surface area contributed by atoms with Gasteiger partial charge in [0.1, 0.15) is 0 Å². The molecule has 0 spiro atoms. The maximum atomic E-state index is 14.5. The van der Waals surface area contributed by atoms with Crippen molar-refractivity contribution in [3.63, 3.8) is 0 Å². The predicted molar refractivity (Wildman–Crippen MR) is 243 cm³/mol. The van der Waals surface area contributed by atoms with Gasteiger partial charge in [0.15, 0.2) is 0 Å². The number of alkyl halides is 14. The van der Waals surface area contributed by atoms with E-state index in [1.165, 1.54) is 100 Å². The maximum Gasteiger partial charge on any atom is 0.488 e. The quantitative estimate of drug-likeness (QED) is 0.0667. The number of ether oxygens (including phenoxy) is 2. The smallest absolute Gasteiger partial charge is 0.465 e. The average Bonchev–Trinajstić information content (AvgIpc) is 3.93. The number of nitrogens with zero attached hydrogens (tertiary/aromatic N) is 4. The van der Waals surface area contributed by atoms with Crippen LogP contribution in [0.3, 0.4) is 0 Å². The van der Waals surface area contributed by atoms with Crippen molar-refractivity contribution in [2.75, 3.05) is 14.2 Å². The Morgan fingerprint density at radius 1 is 0.556 bits per heavy atom. The Hall–Kier alpha value is -5.45. The summed E-state index contributed by atoms with van der Waals surface area (Å²) in [5.41, 5.74) is -12.3. The van der Waals surface area contributed by atoms with Crippen LogP contribution in [-0.2, 0) is 20.8 Å². The van der Waals surface area contributed by atoms with Crippen molar-refractivity contribution in [3.05, 3.63) is 144 Å². The van der Waals surface area contributed by atoms with Gasteiger partial charge in [-0.1, -0.05) is 59.6 Å². The van der Waals surface area contributed by atoms with Crippen molar-refractivity contribution in [2.24, 2.45) is 0 Å². The zero-order valence-electron chi connectivity index (χ0n) is 37.4. The molecule has 0 unspecified atom stereocenters. The standard InChI is InChI=1S/C22H16ClF7N2O2.C14H10F7IN2.C8H8BClO4/c1-11-6-15(20(24,21(25,26)27)22(28,29)30)7-12(2)18(11)32-10-14(9-31-32)13-4-5-17(23)16(8-13)19(33)34-3;1-7-3-9(12(15,13(16,17)18)14(19,20)21)4-8(2)11(7)24-6-10(22)5-23-24;1-14-8(11)6-4-5(9(12)13)2-3-7(6)10/h4-10H,1-3H3;3-6H,1-2H3;2-4,12-13H,1H3. The van der Waals surface area contributed by atoms with Gasteiger partial charge < -0.3 is 19.5 Å². The van der Waals surface area contributed by atoms with Gasteiger partial charge in [-0.25, -0.2) is 27.7 Å². The van der Waals surface area contributed by atoms with Gasteiger partial charge in [0.25, 0.3) is 0 Å². The minimum atomic E-state index is -6.21. The molecular weight excluding hydrogens is 1160 g/mol. The van der Waals surface area contributed by atoms with Gasteiger partial charge in [-0.15, -0.1) is 0 Å². The first kappa shape index (κ1) is 59.1. The molecule has 0 atom stereocenters. The molecule has 0 aliphatic rings. The summed E-state index contributed by atoms with van der Waals surface area (Å²) >= 11 is 13.7. The van der Waals surface area contributed by atoms with Gasteiger partial charge in [-0.3, -0.25) is 0 Å². The molecule has 10 nitrogen and oxygen atoms in total. The molecule has 72 heavy (non-hydrogen) atoms. The van der Waals surface area contributed by atoms with Crippen LogP contribution >= 0.6 is 45.8 Å². The van der Waals surface area contributed by atoms with E-state index in [1.807, 2.05) is 22.6 Å². The fraction of sp³-hybridized carbons (Fsp3) is 0.273. The third-order valence-electron chi connectivity index (χ3n) is 10.3. The number of aryl methyl sites for hydroxylation is 4.